The van der Waals surface area contributed by atoms with Gasteiger partial charge in [0.1, 0.15) is 5.75 Å². The Morgan fingerprint density at radius 3 is 2.42 bits per heavy atom. The molecule has 0 fully saturated rings. The van der Waals surface area contributed by atoms with Gasteiger partial charge in [-0.15, -0.1) is 0 Å². The van der Waals surface area contributed by atoms with Crippen molar-refractivity contribution < 1.29 is 9.13 Å². The van der Waals surface area contributed by atoms with E-state index in [9.17, 15) is 4.39 Å². The normalized spacial score (nSPS) is 8.42. The van der Waals surface area contributed by atoms with Crippen LogP contribution in [-0.2, 0) is 0 Å². The van der Waals surface area contributed by atoms with Crippen LogP contribution in [0.15, 0.2) is 12.3 Å². The molecule has 0 aliphatic rings. The quantitative estimate of drug-likeness (QED) is 0.606. The van der Waals surface area contributed by atoms with Crippen LogP contribution in [0.25, 0.3) is 0 Å². The summed E-state index contributed by atoms with van der Waals surface area (Å²) in [7, 11) is 1.50. The highest BCUT2D eigenvalue weighted by atomic mass is 19.1. The molecule has 0 radical (unpaired) electrons. The number of nitrogens with zero attached hydrogens (tertiary/aromatic N) is 1. The summed E-state index contributed by atoms with van der Waals surface area (Å²) in [6, 6.07) is 1.62. The zero-order valence-electron chi connectivity index (χ0n) is 7.89. The van der Waals surface area contributed by atoms with Crippen molar-refractivity contribution in [3.63, 3.8) is 0 Å². The van der Waals surface area contributed by atoms with Crippen LogP contribution in [0.2, 0.25) is 0 Å². The summed E-state index contributed by atoms with van der Waals surface area (Å²) in [5, 5.41) is 0. The van der Waals surface area contributed by atoms with Crippen molar-refractivity contribution in [3.05, 3.63) is 23.8 Å². The lowest BCUT2D eigenvalue weighted by atomic mass is 10.3. The van der Waals surface area contributed by atoms with Crippen LogP contribution in [0.5, 0.6) is 5.75 Å². The fourth-order valence-corrected chi connectivity index (χ4v) is 0.715. The van der Waals surface area contributed by atoms with E-state index in [0.717, 1.165) is 0 Å². The number of hydrogen-bond donors (Lipinski definition) is 0. The van der Waals surface area contributed by atoms with Gasteiger partial charge in [-0.1, -0.05) is 13.8 Å². The molecule has 1 heterocycles. The highest BCUT2D eigenvalue weighted by Gasteiger charge is 2.02. The van der Waals surface area contributed by atoms with Crippen molar-refractivity contribution in [1.82, 2.24) is 4.98 Å². The minimum Gasteiger partial charge on any atom is -0.496 e. The van der Waals surface area contributed by atoms with Crippen molar-refractivity contribution in [2.45, 2.75) is 20.8 Å². The summed E-state index contributed by atoms with van der Waals surface area (Å²) in [4.78, 5) is 3.44. The van der Waals surface area contributed by atoms with Gasteiger partial charge in [0, 0.05) is 11.8 Å². The first-order valence-electron chi connectivity index (χ1n) is 3.91. The summed E-state index contributed by atoms with van der Waals surface area (Å²) in [5.74, 6) is 0.0619. The molecule has 0 aromatic carbocycles. The average molecular weight is 171 g/mol. The molecule has 0 aliphatic heterocycles. The van der Waals surface area contributed by atoms with Gasteiger partial charge >= 0.3 is 0 Å². The second kappa shape index (κ2) is 5.52. The molecule has 1 rings (SSSR count). The molecular weight excluding hydrogens is 157 g/mol. The number of halogens is 1. The average Bonchev–Trinajstić information content (AvgIpc) is 2.13. The monoisotopic (exact) mass is 171 g/mol. The largest absolute Gasteiger partial charge is 0.496 e. The predicted molar refractivity (Wildman–Crippen MR) is 46.8 cm³/mol. The SMILES string of the molecule is CC.COc1ccnc(F)c1C. The minimum atomic E-state index is -0.473. The van der Waals surface area contributed by atoms with Gasteiger partial charge in [-0.05, 0) is 13.0 Å². The molecule has 2 nitrogen and oxygen atoms in total. The standard InChI is InChI=1S/C7H8FNO.C2H6/c1-5-6(10-2)3-4-9-7(5)8;1-2/h3-4H,1-2H3;1-2H3. The van der Waals surface area contributed by atoms with E-state index in [1.807, 2.05) is 13.8 Å². The third-order valence-electron chi connectivity index (χ3n) is 1.31. The highest BCUT2D eigenvalue weighted by molar-refractivity contribution is 5.29. The van der Waals surface area contributed by atoms with Crippen LogP contribution in [-0.4, -0.2) is 12.1 Å². The molecular formula is C9H14FNO. The smallest absolute Gasteiger partial charge is 0.219 e. The van der Waals surface area contributed by atoms with E-state index in [0.29, 0.717) is 11.3 Å². The van der Waals surface area contributed by atoms with Crippen LogP contribution in [0, 0.1) is 12.9 Å². The van der Waals surface area contributed by atoms with E-state index in [1.54, 1.807) is 13.0 Å². The number of rotatable bonds is 1. The summed E-state index contributed by atoms with van der Waals surface area (Å²) in [6.45, 7) is 5.63. The van der Waals surface area contributed by atoms with Gasteiger partial charge in [-0.3, -0.25) is 0 Å². The lowest BCUT2D eigenvalue weighted by Crippen LogP contribution is -1.92. The molecule has 0 saturated carbocycles. The second-order valence-electron chi connectivity index (χ2n) is 1.93. The van der Waals surface area contributed by atoms with Crippen molar-refractivity contribution in [3.8, 4) is 5.75 Å². The molecule has 0 spiro atoms. The summed E-state index contributed by atoms with van der Waals surface area (Å²) in [6.07, 6.45) is 1.38. The number of aromatic nitrogens is 1. The summed E-state index contributed by atoms with van der Waals surface area (Å²) < 4.78 is 17.4. The van der Waals surface area contributed by atoms with Gasteiger partial charge in [-0.25, -0.2) is 4.98 Å². The molecule has 3 heteroatoms. The van der Waals surface area contributed by atoms with Gasteiger partial charge in [0.25, 0.3) is 0 Å². The molecule has 0 N–H and O–H groups in total. The zero-order valence-corrected chi connectivity index (χ0v) is 7.89. The molecule has 0 amide bonds. The van der Waals surface area contributed by atoms with Gasteiger partial charge in [0.2, 0.25) is 5.95 Å². The second-order valence-corrected chi connectivity index (χ2v) is 1.93. The van der Waals surface area contributed by atoms with E-state index in [1.165, 1.54) is 13.3 Å². The van der Waals surface area contributed by atoms with E-state index < -0.39 is 5.95 Å². The van der Waals surface area contributed by atoms with Gasteiger partial charge in [0.15, 0.2) is 0 Å². The molecule has 1 aromatic rings. The van der Waals surface area contributed by atoms with E-state index in [2.05, 4.69) is 4.98 Å². The van der Waals surface area contributed by atoms with Crippen LogP contribution >= 0.6 is 0 Å². The lowest BCUT2D eigenvalue weighted by molar-refractivity contribution is 0.404. The van der Waals surface area contributed by atoms with E-state index in [-0.39, 0.29) is 0 Å². The Bertz CT molecular complexity index is 238. The zero-order chi connectivity index (χ0) is 9.56. The number of pyridine rings is 1. The Labute approximate surface area is 72.4 Å². The molecule has 1 aromatic heterocycles. The molecule has 0 saturated heterocycles. The number of methoxy groups -OCH3 is 1. The Kier molecular flexibility index (Phi) is 5.00. The fourth-order valence-electron chi connectivity index (χ4n) is 0.715. The maximum Gasteiger partial charge on any atom is 0.219 e. The minimum absolute atomic E-state index is 0.449. The molecule has 0 unspecified atom stereocenters. The fraction of sp³-hybridized carbons (Fsp3) is 0.444. The van der Waals surface area contributed by atoms with Gasteiger partial charge < -0.3 is 4.74 Å². The molecule has 12 heavy (non-hydrogen) atoms. The van der Waals surface area contributed by atoms with Crippen LogP contribution in [0.3, 0.4) is 0 Å². The van der Waals surface area contributed by atoms with Gasteiger partial charge in [0.05, 0.1) is 7.11 Å². The Morgan fingerprint density at radius 1 is 1.42 bits per heavy atom. The van der Waals surface area contributed by atoms with Crippen molar-refractivity contribution >= 4 is 0 Å². The Hall–Kier alpha value is -1.12. The molecule has 0 atom stereocenters. The highest BCUT2D eigenvalue weighted by Crippen LogP contribution is 2.16. The topological polar surface area (TPSA) is 22.1 Å². The maximum atomic E-state index is 12.6. The summed E-state index contributed by atoms with van der Waals surface area (Å²) in [5.41, 5.74) is 0.449. The van der Waals surface area contributed by atoms with Gasteiger partial charge in [-0.2, -0.15) is 4.39 Å². The first-order valence-corrected chi connectivity index (χ1v) is 3.91. The first kappa shape index (κ1) is 10.9. The molecule has 0 aliphatic carbocycles. The summed E-state index contributed by atoms with van der Waals surface area (Å²) >= 11 is 0. The van der Waals surface area contributed by atoms with Crippen molar-refractivity contribution in [2.24, 2.45) is 0 Å². The van der Waals surface area contributed by atoms with Crippen molar-refractivity contribution in [2.75, 3.05) is 7.11 Å². The molecule has 68 valence electrons. The number of hydrogen-bond acceptors (Lipinski definition) is 2. The Balaban J connectivity index is 0.000000561. The first-order chi connectivity index (χ1) is 5.75. The van der Waals surface area contributed by atoms with Crippen LogP contribution in [0.4, 0.5) is 4.39 Å². The third-order valence-corrected chi connectivity index (χ3v) is 1.31. The maximum absolute atomic E-state index is 12.6. The van der Waals surface area contributed by atoms with E-state index >= 15 is 0 Å². The van der Waals surface area contributed by atoms with Crippen molar-refractivity contribution in [1.29, 1.82) is 0 Å². The molecule has 0 bridgehead atoms. The Morgan fingerprint density at radius 2 is 2.00 bits per heavy atom. The van der Waals surface area contributed by atoms with Crippen LogP contribution in [0.1, 0.15) is 19.4 Å². The third kappa shape index (κ3) is 2.49. The number of ether oxygens (including phenoxy) is 1. The van der Waals surface area contributed by atoms with E-state index in [4.69, 9.17) is 4.74 Å². The lowest BCUT2D eigenvalue weighted by Gasteiger charge is -2.01. The predicted octanol–water partition coefficient (Wildman–Crippen LogP) is 2.56. The van der Waals surface area contributed by atoms with Crippen LogP contribution < -0.4 is 4.74 Å².